The van der Waals surface area contributed by atoms with Gasteiger partial charge < -0.3 is 10.6 Å². The van der Waals surface area contributed by atoms with Gasteiger partial charge in [-0.1, -0.05) is 43.0 Å². The molecule has 8 heteroatoms. The van der Waals surface area contributed by atoms with Gasteiger partial charge in [-0.15, -0.1) is 0 Å². The molecule has 3 aromatic rings. The first-order valence-corrected chi connectivity index (χ1v) is 10.8. The highest BCUT2D eigenvalue weighted by Gasteiger charge is 2.44. The summed E-state index contributed by atoms with van der Waals surface area (Å²) in [5.74, 6) is -1.27. The van der Waals surface area contributed by atoms with Crippen LogP contribution in [-0.4, -0.2) is 38.4 Å². The van der Waals surface area contributed by atoms with Crippen molar-refractivity contribution in [3.05, 3.63) is 95.5 Å². The van der Waals surface area contributed by atoms with E-state index >= 15 is 0 Å². The van der Waals surface area contributed by atoms with Gasteiger partial charge in [0.1, 0.15) is 6.04 Å². The second kappa shape index (κ2) is 8.38. The van der Waals surface area contributed by atoms with E-state index in [1.165, 1.54) is 0 Å². The predicted octanol–water partition coefficient (Wildman–Crippen LogP) is 2.93. The molecule has 5 rings (SSSR count). The number of carbonyl (C=O) groups excluding carboxylic acids is 3. The first kappa shape index (κ1) is 20.7. The van der Waals surface area contributed by atoms with Gasteiger partial charge in [-0.3, -0.25) is 24.0 Å². The van der Waals surface area contributed by atoms with Crippen LogP contribution in [0.25, 0.3) is 0 Å². The van der Waals surface area contributed by atoms with Crippen LogP contribution in [0.3, 0.4) is 0 Å². The van der Waals surface area contributed by atoms with E-state index < -0.39 is 17.9 Å². The van der Waals surface area contributed by atoms with Gasteiger partial charge in [0.15, 0.2) is 0 Å². The van der Waals surface area contributed by atoms with Crippen LogP contribution >= 0.6 is 0 Å². The van der Waals surface area contributed by atoms with E-state index in [-0.39, 0.29) is 5.91 Å². The van der Waals surface area contributed by atoms with Gasteiger partial charge in [-0.2, -0.15) is 5.10 Å². The molecule has 0 saturated carbocycles. The predicted molar refractivity (Wildman–Crippen MR) is 122 cm³/mol. The lowest BCUT2D eigenvalue weighted by molar-refractivity contribution is -0.125. The van der Waals surface area contributed by atoms with Crippen LogP contribution in [0.2, 0.25) is 0 Å². The van der Waals surface area contributed by atoms with Crippen molar-refractivity contribution in [1.29, 1.82) is 0 Å². The number of piperidine rings is 1. The van der Waals surface area contributed by atoms with Crippen molar-refractivity contribution in [2.45, 2.75) is 32.0 Å². The van der Waals surface area contributed by atoms with Gasteiger partial charge in [-0.25, -0.2) is 0 Å². The number of hydrogen-bond donors (Lipinski definition) is 2. The van der Waals surface area contributed by atoms with Gasteiger partial charge in [0.2, 0.25) is 5.91 Å². The molecule has 2 N–H and O–H groups in total. The number of anilines is 1. The van der Waals surface area contributed by atoms with Gasteiger partial charge >= 0.3 is 0 Å². The number of nitrogens with one attached hydrogen (secondary N) is 2. The van der Waals surface area contributed by atoms with E-state index in [4.69, 9.17) is 0 Å². The zero-order valence-corrected chi connectivity index (χ0v) is 18.0. The van der Waals surface area contributed by atoms with Crippen LogP contribution in [0.1, 0.15) is 44.7 Å². The molecule has 1 aromatic heterocycles. The zero-order valence-electron chi connectivity index (χ0n) is 18.0. The molecule has 0 spiro atoms. The Hall–Kier alpha value is -4.20. The van der Waals surface area contributed by atoms with Crippen LogP contribution in [0.4, 0.5) is 5.69 Å². The lowest BCUT2D eigenvalue weighted by Crippen LogP contribution is -2.51. The molecule has 0 aliphatic carbocycles. The van der Waals surface area contributed by atoms with Gasteiger partial charge in [0.25, 0.3) is 11.8 Å². The highest BCUT2D eigenvalue weighted by atomic mass is 16.2. The maximum absolute atomic E-state index is 13.2. The summed E-state index contributed by atoms with van der Waals surface area (Å²) in [6, 6.07) is 14.4. The van der Waals surface area contributed by atoms with E-state index in [1.54, 1.807) is 24.4 Å². The lowest BCUT2D eigenvalue weighted by Gasteiger charge is -2.29. The van der Waals surface area contributed by atoms with E-state index in [0.29, 0.717) is 48.4 Å². The maximum Gasteiger partial charge on any atom is 0.264 e. The topological polar surface area (TPSA) is 96.3 Å². The lowest BCUT2D eigenvalue weighted by atomic mass is 10.0. The van der Waals surface area contributed by atoms with Gasteiger partial charge in [0.05, 0.1) is 23.9 Å². The number of nitrogens with zero attached hydrogens (tertiary/aromatic N) is 3. The second-order valence-electron chi connectivity index (χ2n) is 8.24. The molecule has 3 heterocycles. The molecule has 166 valence electrons. The summed E-state index contributed by atoms with van der Waals surface area (Å²) < 4.78 is 1.85. The third-order valence-corrected chi connectivity index (χ3v) is 5.94. The van der Waals surface area contributed by atoms with Crippen molar-refractivity contribution in [2.24, 2.45) is 0 Å². The van der Waals surface area contributed by atoms with Crippen molar-refractivity contribution in [3.63, 3.8) is 0 Å². The number of benzene rings is 2. The third-order valence-electron chi connectivity index (χ3n) is 5.94. The molecule has 1 unspecified atom stereocenters. The van der Waals surface area contributed by atoms with E-state index in [9.17, 15) is 14.4 Å². The molecule has 3 amide bonds. The third kappa shape index (κ3) is 3.91. The normalized spacial score (nSPS) is 17.8. The summed E-state index contributed by atoms with van der Waals surface area (Å²) in [6.45, 7) is 4.87. The van der Waals surface area contributed by atoms with E-state index in [1.807, 2.05) is 41.2 Å². The van der Waals surface area contributed by atoms with Crippen molar-refractivity contribution in [1.82, 2.24) is 20.0 Å². The monoisotopic (exact) mass is 441 g/mol. The van der Waals surface area contributed by atoms with E-state index in [0.717, 1.165) is 16.0 Å². The summed E-state index contributed by atoms with van der Waals surface area (Å²) in [5.41, 5.74) is 3.87. The first-order valence-electron chi connectivity index (χ1n) is 10.8. The number of amides is 3. The molecule has 1 saturated heterocycles. The molecule has 2 aromatic carbocycles. The standard InChI is InChI=1S/C25H23N5O3/c1-16-10-11-21(23(31)28-16)30-24(32)19-8-5-9-20(22(19)25(30)33)26-12-18-13-27-29(15-18)14-17-6-3-2-4-7-17/h2-9,13,15,21,26H,1,10-12,14H2,(H,28,31). The fraction of sp³-hybridized carbons (Fsp3) is 0.200. The van der Waals surface area contributed by atoms with Crippen LogP contribution in [0.5, 0.6) is 0 Å². The Bertz CT molecular complexity index is 1260. The molecular formula is C25H23N5O3. The summed E-state index contributed by atoms with van der Waals surface area (Å²) in [7, 11) is 0. The fourth-order valence-corrected chi connectivity index (χ4v) is 4.29. The molecule has 2 aliphatic rings. The van der Waals surface area contributed by atoms with Crippen molar-refractivity contribution < 1.29 is 14.4 Å². The van der Waals surface area contributed by atoms with Crippen molar-refractivity contribution in [2.75, 3.05) is 5.32 Å². The van der Waals surface area contributed by atoms with Crippen LogP contribution in [0, 0.1) is 0 Å². The minimum Gasteiger partial charge on any atom is -0.380 e. The molecular weight excluding hydrogens is 418 g/mol. The molecule has 1 fully saturated rings. The summed E-state index contributed by atoms with van der Waals surface area (Å²) in [5, 5.41) is 10.3. The van der Waals surface area contributed by atoms with E-state index in [2.05, 4.69) is 22.3 Å². The number of hydrogen-bond acceptors (Lipinski definition) is 5. The molecule has 0 radical (unpaired) electrons. The Kier molecular flexibility index (Phi) is 5.26. The molecule has 0 bridgehead atoms. The first-order chi connectivity index (χ1) is 16.0. The number of imide groups is 1. The summed E-state index contributed by atoms with van der Waals surface area (Å²) in [4.78, 5) is 39.7. The summed E-state index contributed by atoms with van der Waals surface area (Å²) in [6.07, 6.45) is 4.63. The fourth-order valence-electron chi connectivity index (χ4n) is 4.29. The van der Waals surface area contributed by atoms with Gasteiger partial charge in [0, 0.05) is 29.7 Å². The minimum atomic E-state index is -0.827. The Morgan fingerprint density at radius 1 is 1.03 bits per heavy atom. The molecule has 2 aliphatic heterocycles. The Labute approximate surface area is 190 Å². The number of fused-ring (bicyclic) bond motifs is 1. The second-order valence-corrected chi connectivity index (χ2v) is 8.24. The highest BCUT2D eigenvalue weighted by Crippen LogP contribution is 2.33. The largest absolute Gasteiger partial charge is 0.380 e. The summed E-state index contributed by atoms with van der Waals surface area (Å²) >= 11 is 0. The minimum absolute atomic E-state index is 0.302. The SMILES string of the molecule is C=C1CCC(N2C(=O)c3cccc(NCc4cnn(Cc5ccccc5)c4)c3C2=O)C(=O)N1. The smallest absolute Gasteiger partial charge is 0.264 e. The maximum atomic E-state index is 13.2. The van der Waals surface area contributed by atoms with Gasteiger partial charge in [-0.05, 0) is 30.5 Å². The number of carbonyl (C=O) groups is 3. The number of aromatic nitrogens is 2. The average Bonchev–Trinajstić information content (AvgIpc) is 3.36. The van der Waals surface area contributed by atoms with Crippen LogP contribution < -0.4 is 10.6 Å². The molecule has 8 nitrogen and oxygen atoms in total. The quantitative estimate of drug-likeness (QED) is 0.574. The van der Waals surface area contributed by atoms with Crippen molar-refractivity contribution >= 4 is 23.4 Å². The average molecular weight is 441 g/mol. The Morgan fingerprint density at radius 3 is 2.64 bits per heavy atom. The zero-order chi connectivity index (χ0) is 22.9. The van der Waals surface area contributed by atoms with Crippen LogP contribution in [0.15, 0.2) is 73.2 Å². The molecule has 33 heavy (non-hydrogen) atoms. The van der Waals surface area contributed by atoms with Crippen molar-refractivity contribution in [3.8, 4) is 0 Å². The van der Waals surface area contributed by atoms with Crippen LogP contribution in [-0.2, 0) is 17.9 Å². The molecule has 1 atom stereocenters. The Balaban J connectivity index is 1.32. The highest BCUT2D eigenvalue weighted by molar-refractivity contribution is 6.25. The number of allylic oxidation sites excluding steroid dienone is 1. The Morgan fingerprint density at radius 2 is 1.85 bits per heavy atom. The number of rotatable bonds is 6.